The summed E-state index contributed by atoms with van der Waals surface area (Å²) in [5.41, 5.74) is 14.9. The van der Waals surface area contributed by atoms with Gasteiger partial charge in [-0.3, -0.25) is 0 Å². The van der Waals surface area contributed by atoms with Crippen LogP contribution >= 0.6 is 0 Å². The molecule has 2 nitrogen and oxygen atoms in total. The second kappa shape index (κ2) is 13.6. The van der Waals surface area contributed by atoms with Crippen molar-refractivity contribution >= 4 is 41.1 Å². The summed E-state index contributed by atoms with van der Waals surface area (Å²) in [6.45, 7) is 7.20. The fourth-order valence-electron chi connectivity index (χ4n) is 9.60. The molecule has 0 fully saturated rings. The highest BCUT2D eigenvalue weighted by atomic mass is 28.3. The van der Waals surface area contributed by atoms with Crippen molar-refractivity contribution in [2.75, 3.05) is 4.90 Å². The van der Waals surface area contributed by atoms with Crippen molar-refractivity contribution in [3.8, 4) is 44.9 Å². The summed E-state index contributed by atoms with van der Waals surface area (Å²) < 4.78 is 6.93. The topological polar surface area (TPSA) is 12.5 Å². The second-order valence-electron chi connectivity index (χ2n) is 16.9. The first-order valence-corrected chi connectivity index (χ1v) is 24.1. The zero-order valence-corrected chi connectivity index (χ0v) is 34.5. The van der Waals surface area contributed by atoms with Gasteiger partial charge in [-0.15, -0.1) is 0 Å². The van der Waals surface area contributed by atoms with Crippen LogP contribution in [0.5, 0.6) is 11.5 Å². The molecule has 1 atom stereocenters. The summed E-state index contributed by atoms with van der Waals surface area (Å²) in [6, 6.07) is 75.8. The van der Waals surface area contributed by atoms with Gasteiger partial charge in [0.1, 0.15) is 11.5 Å². The van der Waals surface area contributed by atoms with E-state index in [4.69, 9.17) is 4.74 Å². The van der Waals surface area contributed by atoms with Crippen LogP contribution in [0.4, 0.5) is 17.1 Å². The monoisotopic (exact) mass is 773 g/mol. The molecule has 9 aromatic rings. The third-order valence-corrected chi connectivity index (χ3v) is 14.6. The van der Waals surface area contributed by atoms with Gasteiger partial charge in [0.2, 0.25) is 0 Å². The van der Waals surface area contributed by atoms with Crippen LogP contribution in [0.1, 0.15) is 22.3 Å². The van der Waals surface area contributed by atoms with Crippen molar-refractivity contribution in [3.05, 3.63) is 229 Å². The Bertz CT molecular complexity index is 3040. The Morgan fingerprint density at radius 1 is 0.407 bits per heavy atom. The number of nitrogens with zero attached hydrogens (tertiary/aromatic N) is 1. The summed E-state index contributed by atoms with van der Waals surface area (Å²) >= 11 is 0. The van der Waals surface area contributed by atoms with Gasteiger partial charge >= 0.3 is 0 Å². The SMILES string of the molecule is C[Si](C)(C)c1ccc(-c2ccc(N(c3ccc(-c4ccccc4)cc3)c3ccc4c(c3)C3(c5ccccc5Oc5c3ccc3ccccc53)c3ccccc3-4)cc2)cc1. The van der Waals surface area contributed by atoms with E-state index in [0.717, 1.165) is 39.5 Å². The average Bonchev–Trinajstić information content (AvgIpc) is 3.57. The van der Waals surface area contributed by atoms with Crippen LogP contribution in [-0.4, -0.2) is 8.07 Å². The molecule has 0 saturated heterocycles. The van der Waals surface area contributed by atoms with Crippen LogP contribution in [-0.2, 0) is 5.41 Å². The maximum atomic E-state index is 6.93. The van der Waals surface area contributed by atoms with Crippen molar-refractivity contribution in [3.63, 3.8) is 0 Å². The van der Waals surface area contributed by atoms with Crippen molar-refractivity contribution in [2.24, 2.45) is 0 Å². The molecule has 0 amide bonds. The molecule has 1 spiro atoms. The molecule has 282 valence electrons. The first kappa shape index (κ1) is 35.2. The van der Waals surface area contributed by atoms with Gasteiger partial charge in [0, 0.05) is 33.6 Å². The van der Waals surface area contributed by atoms with Crippen LogP contribution in [0.25, 0.3) is 44.2 Å². The number of hydrogen-bond acceptors (Lipinski definition) is 2. The molecule has 59 heavy (non-hydrogen) atoms. The molecule has 0 saturated carbocycles. The minimum atomic E-state index is -1.39. The largest absolute Gasteiger partial charge is 0.456 e. The highest BCUT2D eigenvalue weighted by Gasteiger charge is 2.51. The molecule has 9 aromatic carbocycles. The van der Waals surface area contributed by atoms with E-state index >= 15 is 0 Å². The minimum Gasteiger partial charge on any atom is -0.456 e. The average molecular weight is 774 g/mol. The van der Waals surface area contributed by atoms with E-state index < -0.39 is 13.5 Å². The Balaban J connectivity index is 1.12. The van der Waals surface area contributed by atoms with E-state index in [0.29, 0.717) is 0 Å². The molecule has 1 unspecified atom stereocenters. The molecular weight excluding hydrogens is 731 g/mol. The van der Waals surface area contributed by atoms with E-state index in [1.165, 1.54) is 60.6 Å². The normalized spacial score (nSPS) is 14.9. The summed E-state index contributed by atoms with van der Waals surface area (Å²) in [5.74, 6) is 1.82. The number of hydrogen-bond donors (Lipinski definition) is 0. The fourth-order valence-corrected chi connectivity index (χ4v) is 10.8. The van der Waals surface area contributed by atoms with Gasteiger partial charge < -0.3 is 9.64 Å². The summed E-state index contributed by atoms with van der Waals surface area (Å²) in [6.07, 6.45) is 0. The minimum absolute atomic E-state index is 0.592. The fraction of sp³-hybridized carbons (Fsp3) is 0.0714. The Morgan fingerprint density at radius 2 is 0.949 bits per heavy atom. The van der Waals surface area contributed by atoms with Crippen LogP contribution in [0, 0.1) is 0 Å². The van der Waals surface area contributed by atoms with Crippen LogP contribution in [0.15, 0.2) is 206 Å². The lowest BCUT2D eigenvalue weighted by molar-refractivity contribution is 0.441. The standard InChI is InChI=1S/C56H43NOSi/c1-59(2,3)46-33-25-41(26-34-46)40-23-30-44(31-24-40)57(43-28-21-39(22-29-43)38-13-5-4-6-14-38)45-32-35-49-48-17-9-10-18-50(48)56(53(49)37-45)51-19-11-12-20-54(51)58-55-47-16-8-7-15-42(47)27-36-52(55)56/h4-37H,1-3H3. The van der Waals surface area contributed by atoms with Crippen molar-refractivity contribution in [2.45, 2.75) is 25.1 Å². The Labute approximate surface area is 347 Å². The van der Waals surface area contributed by atoms with Crippen LogP contribution in [0.2, 0.25) is 19.6 Å². The lowest BCUT2D eigenvalue weighted by Crippen LogP contribution is -2.37. The number of benzene rings is 9. The van der Waals surface area contributed by atoms with Crippen LogP contribution < -0.4 is 14.8 Å². The lowest BCUT2D eigenvalue weighted by atomic mass is 9.65. The van der Waals surface area contributed by atoms with Crippen molar-refractivity contribution in [1.82, 2.24) is 0 Å². The van der Waals surface area contributed by atoms with Gasteiger partial charge in [-0.2, -0.15) is 0 Å². The highest BCUT2D eigenvalue weighted by molar-refractivity contribution is 6.88. The summed E-state index contributed by atoms with van der Waals surface area (Å²) in [5, 5.41) is 3.76. The number of ether oxygens (including phenoxy) is 1. The number of para-hydroxylation sites is 1. The Morgan fingerprint density at radius 3 is 1.64 bits per heavy atom. The van der Waals surface area contributed by atoms with E-state index in [1.807, 2.05) is 0 Å². The Kier molecular flexibility index (Phi) is 8.11. The smallest absolute Gasteiger partial charge is 0.140 e. The molecule has 0 N–H and O–H groups in total. The zero-order chi connectivity index (χ0) is 39.7. The molecule has 0 aromatic heterocycles. The molecule has 0 bridgehead atoms. The Hall–Kier alpha value is -6.94. The third kappa shape index (κ3) is 5.61. The molecule has 11 rings (SSSR count). The first-order valence-electron chi connectivity index (χ1n) is 20.6. The van der Waals surface area contributed by atoms with Gasteiger partial charge in [-0.25, -0.2) is 0 Å². The van der Waals surface area contributed by atoms with E-state index in [2.05, 4.69) is 231 Å². The first-order chi connectivity index (χ1) is 28.9. The third-order valence-electron chi connectivity index (χ3n) is 12.5. The van der Waals surface area contributed by atoms with Gasteiger partial charge in [0.25, 0.3) is 0 Å². The highest BCUT2D eigenvalue weighted by Crippen LogP contribution is 2.63. The molecule has 1 aliphatic heterocycles. The molecule has 0 radical (unpaired) electrons. The predicted octanol–water partition coefficient (Wildman–Crippen LogP) is 14.7. The summed E-state index contributed by atoms with van der Waals surface area (Å²) in [7, 11) is -1.39. The van der Waals surface area contributed by atoms with E-state index in [1.54, 1.807) is 0 Å². The van der Waals surface area contributed by atoms with Gasteiger partial charge in [-0.05, 0) is 92.4 Å². The number of anilines is 3. The van der Waals surface area contributed by atoms with E-state index in [-0.39, 0.29) is 0 Å². The molecule has 1 aliphatic carbocycles. The quantitative estimate of drug-likeness (QED) is 0.156. The molecule has 3 heteroatoms. The maximum Gasteiger partial charge on any atom is 0.140 e. The molecule has 1 heterocycles. The van der Waals surface area contributed by atoms with Gasteiger partial charge in [0.05, 0.1) is 13.5 Å². The molecule has 2 aliphatic rings. The van der Waals surface area contributed by atoms with Crippen LogP contribution in [0.3, 0.4) is 0 Å². The number of rotatable bonds is 6. The van der Waals surface area contributed by atoms with Gasteiger partial charge in [-0.1, -0.05) is 189 Å². The summed E-state index contributed by atoms with van der Waals surface area (Å²) in [4.78, 5) is 2.41. The second-order valence-corrected chi connectivity index (χ2v) is 22.0. The van der Waals surface area contributed by atoms with E-state index in [9.17, 15) is 0 Å². The zero-order valence-electron chi connectivity index (χ0n) is 33.5. The predicted molar refractivity (Wildman–Crippen MR) is 250 cm³/mol. The van der Waals surface area contributed by atoms with Crippen molar-refractivity contribution in [1.29, 1.82) is 0 Å². The number of fused-ring (bicyclic) bond motifs is 11. The lowest BCUT2D eigenvalue weighted by Gasteiger charge is -2.40. The van der Waals surface area contributed by atoms with Gasteiger partial charge in [0.15, 0.2) is 0 Å². The molecular formula is C56H43NOSi. The van der Waals surface area contributed by atoms with Crippen molar-refractivity contribution < 1.29 is 4.74 Å². The maximum absolute atomic E-state index is 6.93.